The fraction of sp³-hybridized carbons (Fsp3) is 0.154. The van der Waals surface area contributed by atoms with E-state index in [4.69, 9.17) is 5.26 Å². The Morgan fingerprint density at radius 1 is 1.58 bits per heavy atom. The predicted octanol–water partition coefficient (Wildman–Crippen LogP) is 2.09. The van der Waals surface area contributed by atoms with Crippen LogP contribution in [-0.2, 0) is 4.79 Å². The lowest BCUT2D eigenvalue weighted by Gasteiger charge is -2.13. The minimum Gasteiger partial charge on any atom is -0.322 e. The smallest absolute Gasteiger partial charge is 0.249 e. The predicted molar refractivity (Wildman–Crippen MR) is 66.7 cm³/mol. The second-order valence-corrected chi connectivity index (χ2v) is 3.96. The van der Waals surface area contributed by atoms with E-state index in [9.17, 15) is 9.18 Å². The van der Waals surface area contributed by atoms with Crippen molar-refractivity contribution in [1.82, 2.24) is 9.78 Å². The Labute approximate surface area is 109 Å². The fourth-order valence-corrected chi connectivity index (χ4v) is 1.55. The van der Waals surface area contributed by atoms with Crippen LogP contribution in [0.1, 0.15) is 18.5 Å². The van der Waals surface area contributed by atoms with E-state index in [1.165, 1.54) is 16.8 Å². The van der Waals surface area contributed by atoms with Crippen LogP contribution >= 0.6 is 0 Å². The van der Waals surface area contributed by atoms with E-state index in [-0.39, 0.29) is 17.2 Å². The highest BCUT2D eigenvalue weighted by Gasteiger charge is 2.16. The van der Waals surface area contributed by atoms with Gasteiger partial charge in [-0.2, -0.15) is 10.4 Å². The number of rotatable bonds is 3. The topological polar surface area (TPSA) is 70.7 Å². The van der Waals surface area contributed by atoms with Gasteiger partial charge in [0.1, 0.15) is 11.9 Å². The van der Waals surface area contributed by atoms with E-state index < -0.39 is 11.9 Å². The molecule has 2 rings (SSSR count). The van der Waals surface area contributed by atoms with E-state index >= 15 is 0 Å². The quantitative estimate of drug-likeness (QED) is 0.916. The maximum absolute atomic E-state index is 13.6. The molecule has 0 aliphatic rings. The summed E-state index contributed by atoms with van der Waals surface area (Å²) in [5, 5.41) is 15.0. The normalized spacial score (nSPS) is 11.6. The molecule has 1 unspecified atom stereocenters. The van der Waals surface area contributed by atoms with Crippen LogP contribution in [0.4, 0.5) is 10.1 Å². The minimum atomic E-state index is -0.639. The molecule has 0 aliphatic heterocycles. The number of carbonyl (C=O) groups is 1. The minimum absolute atomic E-state index is 0.0445. The van der Waals surface area contributed by atoms with Crippen molar-refractivity contribution in [3.05, 3.63) is 48.0 Å². The lowest BCUT2D eigenvalue weighted by atomic mass is 10.2. The number of nitrogens with one attached hydrogen (secondary N) is 1. The Morgan fingerprint density at radius 2 is 2.37 bits per heavy atom. The van der Waals surface area contributed by atoms with Gasteiger partial charge in [-0.1, -0.05) is 0 Å². The number of hydrogen-bond donors (Lipinski definition) is 1. The van der Waals surface area contributed by atoms with E-state index in [0.29, 0.717) is 0 Å². The second-order valence-electron chi connectivity index (χ2n) is 3.96. The zero-order valence-corrected chi connectivity index (χ0v) is 10.2. The van der Waals surface area contributed by atoms with Crippen LogP contribution < -0.4 is 5.32 Å². The standard InChI is InChI=1S/C13H11FN4O/c1-9(18-6-2-5-16-18)13(19)17-12-4-3-10(8-15)7-11(12)14/h2-7,9H,1H3,(H,17,19). The first-order valence-corrected chi connectivity index (χ1v) is 5.61. The van der Waals surface area contributed by atoms with Gasteiger partial charge in [-0.15, -0.1) is 0 Å². The van der Waals surface area contributed by atoms with Gasteiger partial charge in [-0.3, -0.25) is 9.48 Å². The Kier molecular flexibility index (Phi) is 3.57. The number of aromatic nitrogens is 2. The van der Waals surface area contributed by atoms with Gasteiger partial charge in [-0.05, 0) is 31.2 Å². The zero-order valence-electron chi connectivity index (χ0n) is 10.2. The van der Waals surface area contributed by atoms with Gasteiger partial charge in [0.15, 0.2) is 0 Å². The molecule has 1 atom stereocenters. The molecule has 5 nitrogen and oxygen atoms in total. The molecule has 96 valence electrons. The average Bonchev–Trinajstić information content (AvgIpc) is 2.94. The number of carbonyl (C=O) groups excluding carboxylic acids is 1. The number of halogens is 1. The lowest BCUT2D eigenvalue weighted by Crippen LogP contribution is -2.24. The molecule has 6 heteroatoms. The van der Waals surface area contributed by atoms with Gasteiger partial charge < -0.3 is 5.32 Å². The van der Waals surface area contributed by atoms with Crippen molar-refractivity contribution in [2.24, 2.45) is 0 Å². The van der Waals surface area contributed by atoms with Gasteiger partial charge in [0, 0.05) is 12.4 Å². The van der Waals surface area contributed by atoms with E-state index in [2.05, 4.69) is 10.4 Å². The maximum atomic E-state index is 13.6. The van der Waals surface area contributed by atoms with Crippen molar-refractivity contribution in [2.75, 3.05) is 5.32 Å². The Hall–Kier alpha value is -2.68. The molecule has 0 aliphatic carbocycles. The summed E-state index contributed by atoms with van der Waals surface area (Å²) in [5.74, 6) is -1.02. The highest BCUT2D eigenvalue weighted by Crippen LogP contribution is 2.17. The first kappa shape index (κ1) is 12.8. The summed E-state index contributed by atoms with van der Waals surface area (Å²) in [4.78, 5) is 11.9. The summed E-state index contributed by atoms with van der Waals surface area (Å²) in [6, 6.07) is 6.86. The molecule has 0 fully saturated rings. The number of nitriles is 1. The molecule has 1 aromatic carbocycles. The monoisotopic (exact) mass is 258 g/mol. The maximum Gasteiger partial charge on any atom is 0.249 e. The molecule has 0 spiro atoms. The van der Waals surface area contributed by atoms with Gasteiger partial charge in [0.05, 0.1) is 17.3 Å². The van der Waals surface area contributed by atoms with Crippen molar-refractivity contribution in [3.8, 4) is 6.07 Å². The number of anilines is 1. The van der Waals surface area contributed by atoms with Crippen LogP contribution in [0.5, 0.6) is 0 Å². The molecule has 0 bridgehead atoms. The molecule has 1 N–H and O–H groups in total. The van der Waals surface area contributed by atoms with Crippen LogP contribution in [0.3, 0.4) is 0 Å². The van der Waals surface area contributed by atoms with Crippen LogP contribution in [0.25, 0.3) is 0 Å². The zero-order chi connectivity index (χ0) is 13.8. The van der Waals surface area contributed by atoms with Gasteiger partial charge in [0.2, 0.25) is 5.91 Å². The van der Waals surface area contributed by atoms with E-state index in [0.717, 1.165) is 6.07 Å². The molecular weight excluding hydrogens is 247 g/mol. The number of benzene rings is 1. The van der Waals surface area contributed by atoms with Crippen LogP contribution in [0.2, 0.25) is 0 Å². The third-order valence-electron chi connectivity index (χ3n) is 2.66. The summed E-state index contributed by atoms with van der Waals surface area (Å²) < 4.78 is 15.1. The van der Waals surface area contributed by atoms with Gasteiger partial charge >= 0.3 is 0 Å². The van der Waals surface area contributed by atoms with Gasteiger partial charge in [-0.25, -0.2) is 4.39 Å². The summed E-state index contributed by atoms with van der Waals surface area (Å²) in [5.41, 5.74) is 0.249. The summed E-state index contributed by atoms with van der Waals surface area (Å²) in [6.07, 6.45) is 3.21. The third kappa shape index (κ3) is 2.77. The van der Waals surface area contributed by atoms with Crippen molar-refractivity contribution in [2.45, 2.75) is 13.0 Å². The largest absolute Gasteiger partial charge is 0.322 e. The summed E-state index contributed by atoms with van der Waals surface area (Å²) in [7, 11) is 0. The number of nitrogens with zero attached hydrogens (tertiary/aromatic N) is 3. The number of amides is 1. The molecule has 19 heavy (non-hydrogen) atoms. The highest BCUT2D eigenvalue weighted by molar-refractivity contribution is 5.93. The van der Waals surface area contributed by atoms with Crippen molar-refractivity contribution < 1.29 is 9.18 Å². The summed E-state index contributed by atoms with van der Waals surface area (Å²) >= 11 is 0. The van der Waals surface area contributed by atoms with Crippen molar-refractivity contribution in [3.63, 3.8) is 0 Å². The van der Waals surface area contributed by atoms with Crippen LogP contribution in [-0.4, -0.2) is 15.7 Å². The first-order chi connectivity index (χ1) is 9.11. The molecule has 1 aromatic heterocycles. The third-order valence-corrected chi connectivity index (χ3v) is 2.66. The molecule has 0 saturated heterocycles. The Balaban J connectivity index is 2.13. The molecule has 1 amide bonds. The number of hydrogen-bond acceptors (Lipinski definition) is 3. The second kappa shape index (κ2) is 5.31. The van der Waals surface area contributed by atoms with Gasteiger partial charge in [0.25, 0.3) is 0 Å². The molecule has 0 saturated carbocycles. The van der Waals surface area contributed by atoms with Crippen LogP contribution in [0, 0.1) is 17.1 Å². The molecule has 2 aromatic rings. The fourth-order valence-electron chi connectivity index (χ4n) is 1.55. The van der Waals surface area contributed by atoms with Crippen molar-refractivity contribution >= 4 is 11.6 Å². The van der Waals surface area contributed by atoms with E-state index in [1.54, 1.807) is 25.4 Å². The Morgan fingerprint density at radius 3 is 2.95 bits per heavy atom. The highest BCUT2D eigenvalue weighted by atomic mass is 19.1. The molecular formula is C13H11FN4O. The first-order valence-electron chi connectivity index (χ1n) is 5.61. The average molecular weight is 258 g/mol. The SMILES string of the molecule is CC(C(=O)Nc1ccc(C#N)cc1F)n1cccn1. The molecule has 1 heterocycles. The van der Waals surface area contributed by atoms with Crippen LogP contribution in [0.15, 0.2) is 36.7 Å². The van der Waals surface area contributed by atoms with E-state index in [1.807, 2.05) is 6.07 Å². The lowest BCUT2D eigenvalue weighted by molar-refractivity contribution is -0.119. The Bertz CT molecular complexity index is 631. The van der Waals surface area contributed by atoms with Crippen molar-refractivity contribution in [1.29, 1.82) is 5.26 Å². The molecule has 0 radical (unpaired) electrons. The summed E-state index contributed by atoms with van der Waals surface area (Å²) in [6.45, 7) is 1.66.